The molecular formula is C34H38Cl3N5O5S. The van der Waals surface area contributed by atoms with Crippen molar-refractivity contribution in [1.29, 1.82) is 0 Å². The molecule has 1 fully saturated rings. The normalized spacial score (nSPS) is 21.7. The Hall–Kier alpha value is -3.35. The highest BCUT2D eigenvalue weighted by Gasteiger charge is 2.60. The van der Waals surface area contributed by atoms with E-state index in [1.165, 1.54) is 12.1 Å². The number of nitrogens with zero attached hydrogens (tertiary/aromatic N) is 4. The molecule has 5 rings (SSSR count). The Kier molecular flexibility index (Phi) is 10.4. The van der Waals surface area contributed by atoms with E-state index < -0.39 is 20.9 Å². The second kappa shape index (κ2) is 13.9. The summed E-state index contributed by atoms with van der Waals surface area (Å²) < 4.78 is 31.9. The maximum Gasteiger partial charge on any atom is 0.326 e. The quantitative estimate of drug-likeness (QED) is 0.290. The first kappa shape index (κ1) is 35.9. The standard InChI is InChI=1S/C34H38Cl3N5O5S/c1-5-47-28-21-27(37)29(48(4,45)46)20-26(28)31-39-33(2,22-6-10-24(35)11-7-22)34(3,23-8-12-25(36)13-9-23)42(31)32(44)41-18-16-40(17-19-41)15-14-30(38)43/h6-13,20-21H,5,14-19H2,1-4H3,(H2,38,43). The van der Waals surface area contributed by atoms with Crippen molar-refractivity contribution in [2.75, 3.05) is 45.6 Å². The van der Waals surface area contributed by atoms with E-state index in [1.54, 1.807) is 41.0 Å². The molecule has 14 heteroatoms. The fourth-order valence-corrected chi connectivity index (χ4v) is 7.98. The van der Waals surface area contributed by atoms with Gasteiger partial charge in [0.1, 0.15) is 22.7 Å². The molecule has 0 saturated carbocycles. The molecule has 1 saturated heterocycles. The van der Waals surface area contributed by atoms with Crippen molar-refractivity contribution >= 4 is 62.4 Å². The van der Waals surface area contributed by atoms with E-state index in [9.17, 15) is 13.2 Å². The Balaban J connectivity index is 1.75. The van der Waals surface area contributed by atoms with Gasteiger partial charge in [0.2, 0.25) is 5.91 Å². The van der Waals surface area contributed by atoms with Gasteiger partial charge in [0.15, 0.2) is 9.84 Å². The molecule has 0 spiro atoms. The van der Waals surface area contributed by atoms with Crippen LogP contribution in [-0.4, -0.2) is 86.5 Å². The van der Waals surface area contributed by atoms with Crippen molar-refractivity contribution in [1.82, 2.24) is 14.7 Å². The molecule has 3 aromatic carbocycles. The van der Waals surface area contributed by atoms with Crippen LogP contribution in [0.3, 0.4) is 0 Å². The number of piperazine rings is 1. The van der Waals surface area contributed by atoms with E-state index >= 15 is 4.79 Å². The number of urea groups is 1. The summed E-state index contributed by atoms with van der Waals surface area (Å²) >= 11 is 19.2. The number of carbonyl (C=O) groups excluding carboxylic acids is 2. The van der Waals surface area contributed by atoms with Crippen LogP contribution in [0, 0.1) is 0 Å². The first-order chi connectivity index (χ1) is 22.6. The van der Waals surface area contributed by atoms with Gasteiger partial charge >= 0.3 is 6.03 Å². The van der Waals surface area contributed by atoms with E-state index in [1.807, 2.05) is 38.1 Å². The molecule has 256 valence electrons. The molecular weight excluding hydrogens is 697 g/mol. The van der Waals surface area contributed by atoms with Gasteiger partial charge < -0.3 is 15.4 Å². The van der Waals surface area contributed by atoms with Crippen LogP contribution in [0.2, 0.25) is 15.1 Å². The maximum atomic E-state index is 15.0. The molecule has 10 nitrogen and oxygen atoms in total. The zero-order valence-corrected chi connectivity index (χ0v) is 30.3. The molecule has 0 bridgehead atoms. The minimum Gasteiger partial charge on any atom is -0.493 e. The summed E-state index contributed by atoms with van der Waals surface area (Å²) in [6.07, 6.45) is 1.30. The summed E-state index contributed by atoms with van der Waals surface area (Å²) in [6, 6.07) is 17.1. The summed E-state index contributed by atoms with van der Waals surface area (Å²) in [5.74, 6) is 0.116. The summed E-state index contributed by atoms with van der Waals surface area (Å²) in [5, 5.41) is 1.05. The highest BCUT2D eigenvalue weighted by atomic mass is 35.5. The number of hydrogen-bond acceptors (Lipinski definition) is 7. The lowest BCUT2D eigenvalue weighted by atomic mass is 9.71. The van der Waals surface area contributed by atoms with E-state index in [-0.39, 0.29) is 46.5 Å². The Labute approximate surface area is 296 Å². The molecule has 2 heterocycles. The SMILES string of the molecule is CCOc1cc(Cl)c(S(C)(=O)=O)cc1C1=NC(C)(c2ccc(Cl)cc2)C(C)(c2ccc(Cl)cc2)N1C(=O)N1CCN(CCC(N)=O)CC1. The molecule has 2 aliphatic heterocycles. The minimum absolute atomic E-state index is 0.00539. The van der Waals surface area contributed by atoms with E-state index in [2.05, 4.69) is 4.90 Å². The molecule has 3 aromatic rings. The van der Waals surface area contributed by atoms with Crippen LogP contribution in [-0.2, 0) is 25.7 Å². The number of hydrogen-bond donors (Lipinski definition) is 1. The van der Waals surface area contributed by atoms with Crippen LogP contribution in [0.5, 0.6) is 5.75 Å². The number of rotatable bonds is 9. The summed E-state index contributed by atoms with van der Waals surface area (Å²) in [4.78, 5) is 37.1. The molecule has 0 aromatic heterocycles. The first-order valence-corrected chi connectivity index (χ1v) is 18.5. The number of amides is 3. The number of carbonyl (C=O) groups is 2. The molecule has 2 aliphatic rings. The number of amidine groups is 1. The van der Waals surface area contributed by atoms with Gasteiger partial charge in [-0.1, -0.05) is 59.1 Å². The van der Waals surface area contributed by atoms with Gasteiger partial charge in [-0.2, -0.15) is 0 Å². The second-order valence-corrected chi connectivity index (χ2v) is 15.5. The number of sulfone groups is 1. The van der Waals surface area contributed by atoms with Crippen molar-refractivity contribution in [2.24, 2.45) is 10.7 Å². The Morgan fingerprint density at radius 1 is 0.917 bits per heavy atom. The van der Waals surface area contributed by atoms with E-state index in [4.69, 9.17) is 50.3 Å². The largest absolute Gasteiger partial charge is 0.493 e. The first-order valence-electron chi connectivity index (χ1n) is 15.5. The van der Waals surface area contributed by atoms with Crippen LogP contribution >= 0.6 is 34.8 Å². The topological polar surface area (TPSA) is 126 Å². The second-order valence-electron chi connectivity index (χ2n) is 12.2. The van der Waals surface area contributed by atoms with Crippen molar-refractivity contribution in [3.63, 3.8) is 0 Å². The molecule has 48 heavy (non-hydrogen) atoms. The van der Waals surface area contributed by atoms with Crippen molar-refractivity contribution in [3.8, 4) is 5.75 Å². The van der Waals surface area contributed by atoms with Crippen LogP contribution in [0.4, 0.5) is 4.79 Å². The molecule has 2 unspecified atom stereocenters. The Morgan fingerprint density at radius 2 is 1.48 bits per heavy atom. The van der Waals surface area contributed by atoms with Crippen LogP contribution < -0.4 is 10.5 Å². The maximum absolute atomic E-state index is 15.0. The third kappa shape index (κ3) is 6.76. The van der Waals surface area contributed by atoms with Gasteiger partial charge in [0.05, 0.1) is 22.1 Å². The monoisotopic (exact) mass is 733 g/mol. The van der Waals surface area contributed by atoms with Crippen LogP contribution in [0.25, 0.3) is 0 Å². The predicted molar refractivity (Wildman–Crippen MR) is 189 cm³/mol. The van der Waals surface area contributed by atoms with Gasteiger partial charge in [-0.15, -0.1) is 0 Å². The Morgan fingerprint density at radius 3 is 2.00 bits per heavy atom. The van der Waals surface area contributed by atoms with Gasteiger partial charge in [0, 0.05) is 61.5 Å². The van der Waals surface area contributed by atoms with Crippen molar-refractivity contribution in [3.05, 3.63) is 92.4 Å². The highest BCUT2D eigenvalue weighted by molar-refractivity contribution is 7.90. The van der Waals surface area contributed by atoms with Gasteiger partial charge in [-0.25, -0.2) is 13.2 Å². The lowest BCUT2D eigenvalue weighted by Gasteiger charge is -2.47. The lowest BCUT2D eigenvalue weighted by Crippen LogP contribution is -2.60. The molecule has 0 aliphatic carbocycles. The zero-order valence-electron chi connectivity index (χ0n) is 27.2. The molecule has 0 radical (unpaired) electrons. The summed E-state index contributed by atoms with van der Waals surface area (Å²) in [5.41, 5.74) is 4.87. The van der Waals surface area contributed by atoms with E-state index in [0.717, 1.165) is 17.4 Å². The molecule has 3 amide bonds. The minimum atomic E-state index is -3.79. The van der Waals surface area contributed by atoms with Crippen LogP contribution in [0.15, 0.2) is 70.6 Å². The van der Waals surface area contributed by atoms with Gasteiger partial charge in [-0.05, 0) is 62.2 Å². The Bertz CT molecular complexity index is 1850. The fraction of sp³-hybridized carbons (Fsp3) is 0.382. The highest BCUT2D eigenvalue weighted by Crippen LogP contribution is 2.54. The number of nitrogens with two attached hydrogens (primary N) is 1. The van der Waals surface area contributed by atoms with Crippen LogP contribution in [0.1, 0.15) is 43.9 Å². The average Bonchev–Trinajstić information content (AvgIpc) is 3.28. The average molecular weight is 735 g/mol. The smallest absolute Gasteiger partial charge is 0.326 e. The number of ether oxygens (including phenoxy) is 1. The van der Waals surface area contributed by atoms with Gasteiger partial charge in [0.25, 0.3) is 0 Å². The summed E-state index contributed by atoms with van der Waals surface area (Å²) in [7, 11) is -3.79. The lowest BCUT2D eigenvalue weighted by molar-refractivity contribution is -0.118. The number of primary amides is 1. The predicted octanol–water partition coefficient (Wildman–Crippen LogP) is 5.96. The molecule has 2 atom stereocenters. The summed E-state index contributed by atoms with van der Waals surface area (Å²) in [6.45, 7) is 8.26. The number of halogens is 3. The number of benzene rings is 3. The zero-order chi connectivity index (χ0) is 35.0. The van der Waals surface area contributed by atoms with Crippen molar-refractivity contribution in [2.45, 2.75) is 43.2 Å². The molecule has 2 N–H and O–H groups in total. The van der Waals surface area contributed by atoms with Crippen molar-refractivity contribution < 1.29 is 22.7 Å². The van der Waals surface area contributed by atoms with Gasteiger partial charge in [-0.3, -0.25) is 19.6 Å². The third-order valence-corrected chi connectivity index (χ3v) is 11.3. The van der Waals surface area contributed by atoms with E-state index in [0.29, 0.717) is 48.3 Å². The fourth-order valence-electron chi connectivity index (χ4n) is 6.41. The third-order valence-electron chi connectivity index (χ3n) is 9.23. The number of aliphatic imine (C=N–C) groups is 1.